The molecule has 0 amide bonds. The van der Waals surface area contributed by atoms with E-state index < -0.39 is 0 Å². The highest BCUT2D eigenvalue weighted by Gasteiger charge is 2.37. The van der Waals surface area contributed by atoms with E-state index in [1.807, 2.05) is 0 Å². The lowest BCUT2D eigenvalue weighted by atomic mass is 9.69. The maximum atomic E-state index is 4.35. The Morgan fingerprint density at radius 3 is 2.67 bits per heavy atom. The van der Waals surface area contributed by atoms with Gasteiger partial charge in [-0.15, -0.1) is 0 Å². The maximum absolute atomic E-state index is 4.35. The minimum absolute atomic E-state index is 0.725. The van der Waals surface area contributed by atoms with E-state index in [0.717, 1.165) is 17.8 Å². The molecular weight excluding hydrogens is 216 g/mol. The Kier molecular flexibility index (Phi) is 3.11. The van der Waals surface area contributed by atoms with Crippen molar-refractivity contribution in [1.29, 1.82) is 0 Å². The molecule has 0 heterocycles. The van der Waals surface area contributed by atoms with Gasteiger partial charge >= 0.3 is 0 Å². The predicted molar refractivity (Wildman–Crippen MR) is 78.2 cm³/mol. The largest absolute Gasteiger partial charge is 0.0995 e. The van der Waals surface area contributed by atoms with Gasteiger partial charge in [-0.2, -0.15) is 0 Å². The molecule has 0 aromatic heterocycles. The summed E-state index contributed by atoms with van der Waals surface area (Å²) in [5.74, 6) is 2.31. The van der Waals surface area contributed by atoms with Crippen molar-refractivity contribution < 1.29 is 0 Å². The average Bonchev–Trinajstić information content (AvgIpc) is 2.84. The molecule has 0 radical (unpaired) electrons. The van der Waals surface area contributed by atoms with Crippen LogP contribution in [0.4, 0.5) is 0 Å². The van der Waals surface area contributed by atoms with Crippen LogP contribution in [0.5, 0.6) is 0 Å². The van der Waals surface area contributed by atoms with Crippen molar-refractivity contribution >= 4 is 5.57 Å². The fourth-order valence-electron chi connectivity index (χ4n) is 3.77. The van der Waals surface area contributed by atoms with Gasteiger partial charge in [0.1, 0.15) is 0 Å². The second-order valence-electron chi connectivity index (χ2n) is 5.85. The average molecular weight is 238 g/mol. The monoisotopic (exact) mass is 238 g/mol. The molecule has 0 bridgehead atoms. The van der Waals surface area contributed by atoms with Crippen LogP contribution in [0.3, 0.4) is 0 Å². The van der Waals surface area contributed by atoms with Crippen LogP contribution in [-0.4, -0.2) is 0 Å². The third-order valence-corrected chi connectivity index (χ3v) is 4.82. The zero-order chi connectivity index (χ0) is 12.5. The summed E-state index contributed by atoms with van der Waals surface area (Å²) >= 11 is 0. The van der Waals surface area contributed by atoms with E-state index in [1.165, 1.54) is 36.8 Å². The molecule has 0 nitrogen and oxygen atoms in total. The fraction of sp³-hybridized carbons (Fsp3) is 0.444. The second-order valence-corrected chi connectivity index (χ2v) is 5.85. The van der Waals surface area contributed by atoms with Crippen molar-refractivity contribution in [3.63, 3.8) is 0 Å². The third kappa shape index (κ3) is 1.94. The van der Waals surface area contributed by atoms with Crippen molar-refractivity contribution in [2.24, 2.45) is 17.8 Å². The van der Waals surface area contributed by atoms with Crippen LogP contribution in [0, 0.1) is 17.8 Å². The van der Waals surface area contributed by atoms with E-state index in [2.05, 4.69) is 49.9 Å². The minimum Gasteiger partial charge on any atom is -0.0995 e. The van der Waals surface area contributed by atoms with Crippen LogP contribution in [0.2, 0.25) is 0 Å². The van der Waals surface area contributed by atoms with E-state index in [1.54, 1.807) is 5.57 Å². The van der Waals surface area contributed by atoms with E-state index in [4.69, 9.17) is 0 Å². The molecule has 1 aromatic rings. The molecule has 18 heavy (non-hydrogen) atoms. The third-order valence-electron chi connectivity index (χ3n) is 4.82. The summed E-state index contributed by atoms with van der Waals surface area (Å²) < 4.78 is 0. The Morgan fingerprint density at radius 2 is 1.94 bits per heavy atom. The SMILES string of the molecule is C=C1CC(CC)CC2C(c3ccccc3)=CCC12. The molecule has 3 rings (SSSR count). The predicted octanol–water partition coefficient (Wildman–Crippen LogP) is 5.08. The highest BCUT2D eigenvalue weighted by Crippen LogP contribution is 2.50. The first-order chi connectivity index (χ1) is 8.79. The Labute approximate surface area is 110 Å². The van der Waals surface area contributed by atoms with Crippen molar-refractivity contribution in [2.75, 3.05) is 0 Å². The molecule has 2 aliphatic rings. The lowest BCUT2D eigenvalue weighted by Crippen LogP contribution is -2.24. The van der Waals surface area contributed by atoms with Gasteiger partial charge in [-0.25, -0.2) is 0 Å². The molecule has 0 aliphatic heterocycles. The van der Waals surface area contributed by atoms with Crippen LogP contribution >= 0.6 is 0 Å². The Balaban J connectivity index is 1.88. The zero-order valence-electron chi connectivity index (χ0n) is 11.2. The number of allylic oxidation sites excluding steroid dienone is 3. The lowest BCUT2D eigenvalue weighted by molar-refractivity contribution is 0.298. The number of rotatable bonds is 2. The molecular formula is C18H22. The zero-order valence-corrected chi connectivity index (χ0v) is 11.2. The lowest BCUT2D eigenvalue weighted by Gasteiger charge is -2.35. The van der Waals surface area contributed by atoms with Crippen molar-refractivity contribution in [2.45, 2.75) is 32.6 Å². The van der Waals surface area contributed by atoms with Gasteiger partial charge in [-0.05, 0) is 48.2 Å². The molecule has 0 N–H and O–H groups in total. The highest BCUT2D eigenvalue weighted by atomic mass is 14.4. The van der Waals surface area contributed by atoms with Crippen LogP contribution in [0.15, 0.2) is 48.6 Å². The number of hydrogen-bond donors (Lipinski definition) is 0. The molecule has 0 spiro atoms. The van der Waals surface area contributed by atoms with Gasteiger partial charge in [-0.3, -0.25) is 0 Å². The van der Waals surface area contributed by atoms with Crippen molar-refractivity contribution in [3.8, 4) is 0 Å². The van der Waals surface area contributed by atoms with Crippen LogP contribution in [0.25, 0.3) is 5.57 Å². The van der Waals surface area contributed by atoms with E-state index in [9.17, 15) is 0 Å². The van der Waals surface area contributed by atoms with Gasteiger partial charge in [0.2, 0.25) is 0 Å². The van der Waals surface area contributed by atoms with Gasteiger partial charge in [0.05, 0.1) is 0 Å². The van der Waals surface area contributed by atoms with Gasteiger partial charge in [0, 0.05) is 0 Å². The molecule has 2 aliphatic carbocycles. The molecule has 94 valence electrons. The van der Waals surface area contributed by atoms with Crippen molar-refractivity contribution in [3.05, 3.63) is 54.1 Å². The fourth-order valence-corrected chi connectivity index (χ4v) is 3.77. The molecule has 0 heteroatoms. The first kappa shape index (κ1) is 11.8. The summed E-state index contributed by atoms with van der Waals surface area (Å²) in [6.45, 7) is 6.67. The second kappa shape index (κ2) is 4.76. The Hall–Kier alpha value is -1.30. The maximum Gasteiger partial charge on any atom is -0.00879 e. The summed E-state index contributed by atoms with van der Waals surface area (Å²) in [6.07, 6.45) is 7.59. The Morgan fingerprint density at radius 1 is 1.17 bits per heavy atom. The highest BCUT2D eigenvalue weighted by molar-refractivity contribution is 5.70. The number of hydrogen-bond acceptors (Lipinski definition) is 0. The molecule has 1 saturated carbocycles. The van der Waals surface area contributed by atoms with Crippen LogP contribution in [-0.2, 0) is 0 Å². The summed E-state index contributed by atoms with van der Waals surface area (Å²) in [5, 5.41) is 0. The van der Waals surface area contributed by atoms with Gasteiger partial charge < -0.3 is 0 Å². The van der Waals surface area contributed by atoms with E-state index in [-0.39, 0.29) is 0 Å². The molecule has 0 saturated heterocycles. The molecule has 3 unspecified atom stereocenters. The summed E-state index contributed by atoms with van der Waals surface area (Å²) in [5.41, 5.74) is 4.51. The number of fused-ring (bicyclic) bond motifs is 1. The Bertz CT molecular complexity index is 466. The van der Waals surface area contributed by atoms with Gasteiger partial charge in [0.15, 0.2) is 0 Å². The summed E-state index contributed by atoms with van der Waals surface area (Å²) in [7, 11) is 0. The van der Waals surface area contributed by atoms with Crippen LogP contribution in [0.1, 0.15) is 38.2 Å². The van der Waals surface area contributed by atoms with Gasteiger partial charge in [0.25, 0.3) is 0 Å². The first-order valence-corrected chi connectivity index (χ1v) is 7.22. The van der Waals surface area contributed by atoms with E-state index in [0.29, 0.717) is 0 Å². The molecule has 1 aromatic carbocycles. The van der Waals surface area contributed by atoms with Crippen molar-refractivity contribution in [1.82, 2.24) is 0 Å². The molecule has 1 fully saturated rings. The topological polar surface area (TPSA) is 0 Å². The van der Waals surface area contributed by atoms with Gasteiger partial charge in [-0.1, -0.05) is 61.9 Å². The quantitative estimate of drug-likeness (QED) is 0.630. The smallest absolute Gasteiger partial charge is 0.00879 e. The normalized spacial score (nSPS) is 31.1. The van der Waals surface area contributed by atoms with Crippen LogP contribution < -0.4 is 0 Å². The molecule has 3 atom stereocenters. The first-order valence-electron chi connectivity index (χ1n) is 7.22. The standard InChI is InChI=1S/C18H22/c1-3-14-11-13(2)16-9-10-17(18(16)12-14)15-7-5-4-6-8-15/h4-8,10,14,16,18H,2-3,9,11-12H2,1H3. The summed E-state index contributed by atoms with van der Waals surface area (Å²) in [4.78, 5) is 0. The number of benzene rings is 1. The van der Waals surface area contributed by atoms with E-state index >= 15 is 0 Å². The minimum atomic E-state index is 0.725. The summed E-state index contributed by atoms with van der Waals surface area (Å²) in [6, 6.07) is 10.9.